The summed E-state index contributed by atoms with van der Waals surface area (Å²) in [4.78, 5) is 23.3. The van der Waals surface area contributed by atoms with Gasteiger partial charge in [-0.05, 0) is 43.0 Å². The van der Waals surface area contributed by atoms with E-state index in [1.165, 1.54) is 6.08 Å². The largest absolute Gasteiger partial charge is 0.454 e. The lowest BCUT2D eigenvalue weighted by atomic mass is 9.96. The predicted molar refractivity (Wildman–Crippen MR) is 75.0 cm³/mol. The standard InChI is InChI=1S/C16H16O5/c17-12-3-1-2-4-13(12)21-16(18)8-6-11-5-7-14-15(9-11)20-10-19-14/h5-9,13H,1-4,10H2/b8-6+/t13-/m1/s1. The minimum Gasteiger partial charge on any atom is -0.454 e. The van der Waals surface area contributed by atoms with Gasteiger partial charge in [0, 0.05) is 12.5 Å². The first-order valence-electron chi connectivity index (χ1n) is 7.03. The molecule has 110 valence electrons. The van der Waals surface area contributed by atoms with Crippen LogP contribution in [0, 0.1) is 0 Å². The molecule has 21 heavy (non-hydrogen) atoms. The second-order valence-electron chi connectivity index (χ2n) is 5.08. The zero-order valence-electron chi connectivity index (χ0n) is 11.5. The molecule has 3 rings (SSSR count). The average molecular weight is 288 g/mol. The van der Waals surface area contributed by atoms with E-state index in [0.29, 0.717) is 24.3 Å². The number of ether oxygens (including phenoxy) is 3. The maximum atomic E-state index is 11.7. The number of ketones is 1. The van der Waals surface area contributed by atoms with Gasteiger partial charge in [0.05, 0.1) is 0 Å². The Kier molecular flexibility index (Phi) is 3.90. The molecule has 2 aliphatic rings. The first kappa shape index (κ1) is 13.7. The van der Waals surface area contributed by atoms with Gasteiger partial charge in [-0.1, -0.05) is 6.07 Å². The van der Waals surface area contributed by atoms with Crippen molar-refractivity contribution in [1.82, 2.24) is 0 Å². The van der Waals surface area contributed by atoms with Crippen LogP contribution >= 0.6 is 0 Å². The molecule has 0 aromatic heterocycles. The number of benzene rings is 1. The topological polar surface area (TPSA) is 61.8 Å². The van der Waals surface area contributed by atoms with Gasteiger partial charge in [0.15, 0.2) is 23.4 Å². The van der Waals surface area contributed by atoms with Crippen molar-refractivity contribution < 1.29 is 23.8 Å². The molecule has 1 saturated carbocycles. The van der Waals surface area contributed by atoms with Gasteiger partial charge in [-0.25, -0.2) is 4.79 Å². The normalized spacial score (nSPS) is 20.8. The van der Waals surface area contributed by atoms with E-state index in [0.717, 1.165) is 18.4 Å². The van der Waals surface area contributed by atoms with Crippen molar-refractivity contribution in [2.24, 2.45) is 0 Å². The van der Waals surface area contributed by atoms with E-state index in [2.05, 4.69) is 0 Å². The molecule has 0 bridgehead atoms. The molecule has 1 aromatic carbocycles. The molecule has 1 aromatic rings. The van der Waals surface area contributed by atoms with Crippen LogP contribution in [0.25, 0.3) is 6.08 Å². The van der Waals surface area contributed by atoms with E-state index < -0.39 is 12.1 Å². The van der Waals surface area contributed by atoms with E-state index in [9.17, 15) is 9.59 Å². The summed E-state index contributed by atoms with van der Waals surface area (Å²) in [5.41, 5.74) is 0.811. The highest BCUT2D eigenvalue weighted by atomic mass is 16.7. The summed E-state index contributed by atoms with van der Waals surface area (Å²) in [7, 11) is 0. The zero-order chi connectivity index (χ0) is 14.7. The Labute approximate surface area is 122 Å². The van der Waals surface area contributed by atoms with Gasteiger partial charge >= 0.3 is 5.97 Å². The Hall–Kier alpha value is -2.30. The maximum absolute atomic E-state index is 11.7. The number of Topliss-reactive ketones (excluding diaryl/α,β-unsaturated/α-hetero) is 1. The molecule has 5 nitrogen and oxygen atoms in total. The number of fused-ring (bicyclic) bond motifs is 1. The van der Waals surface area contributed by atoms with Crippen molar-refractivity contribution in [2.75, 3.05) is 6.79 Å². The van der Waals surface area contributed by atoms with E-state index in [1.54, 1.807) is 18.2 Å². The minimum absolute atomic E-state index is 0.0195. The Morgan fingerprint density at radius 1 is 1.24 bits per heavy atom. The van der Waals surface area contributed by atoms with Crippen molar-refractivity contribution in [2.45, 2.75) is 31.8 Å². The molecular weight excluding hydrogens is 272 g/mol. The molecule has 0 saturated heterocycles. The summed E-state index contributed by atoms with van der Waals surface area (Å²) < 4.78 is 15.7. The van der Waals surface area contributed by atoms with Crippen LogP contribution in [0.3, 0.4) is 0 Å². The van der Waals surface area contributed by atoms with Crippen molar-refractivity contribution in [3.05, 3.63) is 29.8 Å². The van der Waals surface area contributed by atoms with E-state index >= 15 is 0 Å². The third kappa shape index (κ3) is 3.24. The number of carbonyl (C=O) groups is 2. The van der Waals surface area contributed by atoms with Crippen molar-refractivity contribution in [3.63, 3.8) is 0 Å². The van der Waals surface area contributed by atoms with Gasteiger partial charge in [-0.2, -0.15) is 0 Å². The maximum Gasteiger partial charge on any atom is 0.331 e. The smallest absolute Gasteiger partial charge is 0.331 e. The summed E-state index contributed by atoms with van der Waals surface area (Å²) in [6, 6.07) is 5.40. The van der Waals surface area contributed by atoms with Crippen molar-refractivity contribution in [1.29, 1.82) is 0 Å². The highest BCUT2D eigenvalue weighted by Crippen LogP contribution is 2.32. The van der Waals surface area contributed by atoms with Gasteiger partial charge in [0.2, 0.25) is 6.79 Å². The molecule has 5 heteroatoms. The number of carbonyl (C=O) groups excluding carboxylic acids is 2. The molecular formula is C16H16O5. The molecule has 1 aliphatic heterocycles. The van der Waals surface area contributed by atoms with Gasteiger partial charge in [-0.3, -0.25) is 4.79 Å². The monoisotopic (exact) mass is 288 g/mol. The Balaban J connectivity index is 1.60. The molecule has 0 amide bonds. The summed E-state index contributed by atoms with van der Waals surface area (Å²) in [6.45, 7) is 0.217. The van der Waals surface area contributed by atoms with E-state index in [-0.39, 0.29) is 12.6 Å². The van der Waals surface area contributed by atoms with Crippen molar-refractivity contribution in [3.8, 4) is 11.5 Å². The molecule has 1 aliphatic carbocycles. The Bertz CT molecular complexity index is 590. The van der Waals surface area contributed by atoms with Gasteiger partial charge in [0.1, 0.15) is 0 Å². The summed E-state index contributed by atoms with van der Waals surface area (Å²) >= 11 is 0. The second-order valence-corrected chi connectivity index (χ2v) is 5.08. The lowest BCUT2D eigenvalue weighted by Crippen LogP contribution is -2.29. The number of hydrogen-bond acceptors (Lipinski definition) is 5. The number of esters is 1. The van der Waals surface area contributed by atoms with E-state index in [4.69, 9.17) is 14.2 Å². The zero-order valence-corrected chi connectivity index (χ0v) is 11.5. The molecule has 1 fully saturated rings. The Morgan fingerprint density at radius 3 is 2.95 bits per heavy atom. The fraction of sp³-hybridized carbons (Fsp3) is 0.375. The number of hydrogen-bond donors (Lipinski definition) is 0. The van der Waals surface area contributed by atoms with Gasteiger partial charge < -0.3 is 14.2 Å². The van der Waals surface area contributed by atoms with Crippen LogP contribution in [0.2, 0.25) is 0 Å². The van der Waals surface area contributed by atoms with Crippen LogP contribution in [0.1, 0.15) is 31.2 Å². The first-order valence-corrected chi connectivity index (χ1v) is 7.03. The quantitative estimate of drug-likeness (QED) is 0.631. The van der Waals surface area contributed by atoms with Crippen LogP contribution in [0.4, 0.5) is 0 Å². The van der Waals surface area contributed by atoms with Crippen LogP contribution < -0.4 is 9.47 Å². The molecule has 0 unspecified atom stereocenters. The summed E-state index contributed by atoms with van der Waals surface area (Å²) in [6.07, 6.45) is 5.34. The number of rotatable bonds is 3. The molecule has 1 heterocycles. The Morgan fingerprint density at radius 2 is 2.10 bits per heavy atom. The third-order valence-electron chi connectivity index (χ3n) is 3.57. The predicted octanol–water partition coefficient (Wildman–Crippen LogP) is 2.48. The van der Waals surface area contributed by atoms with Crippen molar-refractivity contribution >= 4 is 17.8 Å². The van der Waals surface area contributed by atoms with E-state index in [1.807, 2.05) is 6.07 Å². The molecule has 1 atom stereocenters. The van der Waals surface area contributed by atoms with Crippen LogP contribution in [0.5, 0.6) is 11.5 Å². The van der Waals surface area contributed by atoms with Crippen LogP contribution in [-0.4, -0.2) is 24.6 Å². The van der Waals surface area contributed by atoms with Gasteiger partial charge in [-0.15, -0.1) is 0 Å². The highest BCUT2D eigenvalue weighted by molar-refractivity contribution is 5.91. The molecule has 0 N–H and O–H groups in total. The first-order chi connectivity index (χ1) is 10.2. The molecule has 0 spiro atoms. The second kappa shape index (κ2) is 5.99. The third-order valence-corrected chi connectivity index (χ3v) is 3.57. The lowest BCUT2D eigenvalue weighted by molar-refractivity contribution is -0.152. The summed E-state index contributed by atoms with van der Waals surface area (Å²) in [5.74, 6) is 0.884. The van der Waals surface area contributed by atoms with Crippen LogP contribution in [0.15, 0.2) is 24.3 Å². The van der Waals surface area contributed by atoms with Gasteiger partial charge in [0.25, 0.3) is 0 Å². The lowest BCUT2D eigenvalue weighted by Gasteiger charge is -2.19. The average Bonchev–Trinajstić information content (AvgIpc) is 2.95. The summed E-state index contributed by atoms with van der Waals surface area (Å²) in [5, 5.41) is 0. The SMILES string of the molecule is O=C(/C=C/c1ccc2c(c1)OCO2)O[C@@H]1CCCCC1=O. The fourth-order valence-electron chi connectivity index (χ4n) is 2.44. The highest BCUT2D eigenvalue weighted by Gasteiger charge is 2.24. The van der Waals surface area contributed by atoms with Crippen LogP contribution in [-0.2, 0) is 14.3 Å². The molecule has 0 radical (unpaired) electrons. The minimum atomic E-state index is -0.576. The fourth-order valence-corrected chi connectivity index (χ4v) is 2.44.